The summed E-state index contributed by atoms with van der Waals surface area (Å²) in [7, 11) is 1.68. The summed E-state index contributed by atoms with van der Waals surface area (Å²) in [5, 5.41) is 4.33. The van der Waals surface area contributed by atoms with E-state index in [0.29, 0.717) is 6.61 Å². The van der Waals surface area contributed by atoms with Crippen molar-refractivity contribution < 1.29 is 14.3 Å². The van der Waals surface area contributed by atoms with Crippen LogP contribution in [0.3, 0.4) is 0 Å². The highest BCUT2D eigenvalue weighted by atomic mass is 16.5. The van der Waals surface area contributed by atoms with Gasteiger partial charge >= 0.3 is 0 Å². The molecular formula is C17H20N2O3. The topological polar surface area (TPSA) is 63.3 Å². The molecule has 22 heavy (non-hydrogen) atoms. The Morgan fingerprint density at radius 3 is 3.09 bits per heavy atom. The zero-order valence-electron chi connectivity index (χ0n) is 12.6. The zero-order valence-corrected chi connectivity index (χ0v) is 12.6. The van der Waals surface area contributed by atoms with Crippen molar-refractivity contribution >= 4 is 16.8 Å². The van der Waals surface area contributed by atoms with Crippen LogP contribution in [0.4, 0.5) is 0 Å². The average molecular weight is 300 g/mol. The van der Waals surface area contributed by atoms with Gasteiger partial charge in [0.1, 0.15) is 11.9 Å². The van der Waals surface area contributed by atoms with Crippen LogP contribution in [0.2, 0.25) is 0 Å². The van der Waals surface area contributed by atoms with Crippen LogP contribution in [0.15, 0.2) is 18.2 Å². The molecule has 1 amide bonds. The van der Waals surface area contributed by atoms with Crippen LogP contribution < -0.4 is 10.1 Å². The van der Waals surface area contributed by atoms with E-state index >= 15 is 0 Å². The first-order valence-corrected chi connectivity index (χ1v) is 7.84. The number of carbonyl (C=O) groups is 1. The van der Waals surface area contributed by atoms with Crippen LogP contribution in [0.1, 0.15) is 24.1 Å². The van der Waals surface area contributed by atoms with Crippen LogP contribution in [0.5, 0.6) is 5.75 Å². The number of aromatic nitrogens is 1. The number of H-pyrrole nitrogens is 1. The molecule has 5 nitrogen and oxygen atoms in total. The fourth-order valence-electron chi connectivity index (χ4n) is 3.56. The van der Waals surface area contributed by atoms with Gasteiger partial charge in [0.2, 0.25) is 5.91 Å². The van der Waals surface area contributed by atoms with Crippen LogP contribution in [0.25, 0.3) is 10.9 Å². The van der Waals surface area contributed by atoms with Crippen molar-refractivity contribution in [1.82, 2.24) is 10.3 Å². The van der Waals surface area contributed by atoms with E-state index in [1.807, 2.05) is 12.1 Å². The van der Waals surface area contributed by atoms with Crippen molar-refractivity contribution in [3.63, 3.8) is 0 Å². The van der Waals surface area contributed by atoms with Gasteiger partial charge in [0, 0.05) is 35.7 Å². The van der Waals surface area contributed by atoms with Crippen molar-refractivity contribution in [2.45, 2.75) is 37.8 Å². The van der Waals surface area contributed by atoms with Crippen molar-refractivity contribution in [3.8, 4) is 5.75 Å². The zero-order chi connectivity index (χ0) is 15.1. The molecule has 0 radical (unpaired) electrons. The monoisotopic (exact) mass is 300 g/mol. The summed E-state index contributed by atoms with van der Waals surface area (Å²) in [5.74, 6) is 0.899. The number of benzene rings is 1. The van der Waals surface area contributed by atoms with Gasteiger partial charge in [-0.1, -0.05) is 0 Å². The Hall–Kier alpha value is -2.01. The molecule has 116 valence electrons. The molecular weight excluding hydrogens is 280 g/mol. The molecule has 2 aliphatic rings. The summed E-state index contributed by atoms with van der Waals surface area (Å²) in [6.07, 6.45) is 3.28. The molecule has 0 saturated carbocycles. The van der Waals surface area contributed by atoms with Crippen LogP contribution in [-0.4, -0.2) is 36.8 Å². The third-order valence-electron chi connectivity index (χ3n) is 4.67. The maximum atomic E-state index is 12.2. The summed E-state index contributed by atoms with van der Waals surface area (Å²) < 4.78 is 10.8. The molecule has 4 rings (SSSR count). The molecule has 2 atom stereocenters. The highest BCUT2D eigenvalue weighted by molar-refractivity contribution is 5.87. The number of hydrogen-bond acceptors (Lipinski definition) is 3. The number of methoxy groups -OCH3 is 1. The van der Waals surface area contributed by atoms with Crippen LogP contribution in [-0.2, 0) is 22.4 Å². The maximum absolute atomic E-state index is 12.2. The van der Waals surface area contributed by atoms with E-state index in [1.165, 1.54) is 16.6 Å². The highest BCUT2D eigenvalue weighted by Gasteiger charge is 2.30. The molecule has 2 N–H and O–H groups in total. The SMILES string of the molecule is COc1ccc2[nH]c3c(c2c1)CC(NC(=O)C1CCCO1)C3. The first kappa shape index (κ1) is 13.6. The number of ether oxygens (including phenoxy) is 2. The van der Waals surface area contributed by atoms with Crippen LogP contribution >= 0.6 is 0 Å². The molecule has 1 saturated heterocycles. The van der Waals surface area contributed by atoms with Gasteiger partial charge in [-0.05, 0) is 43.0 Å². The van der Waals surface area contributed by atoms with Gasteiger partial charge in [-0.3, -0.25) is 4.79 Å². The average Bonchev–Trinajstić information content (AvgIpc) is 3.22. The van der Waals surface area contributed by atoms with Gasteiger partial charge in [-0.2, -0.15) is 0 Å². The van der Waals surface area contributed by atoms with Gasteiger partial charge in [0.25, 0.3) is 0 Å². The first-order chi connectivity index (χ1) is 10.7. The lowest BCUT2D eigenvalue weighted by molar-refractivity contribution is -0.130. The Bertz CT molecular complexity index is 716. The lowest BCUT2D eigenvalue weighted by Gasteiger charge is -2.15. The minimum Gasteiger partial charge on any atom is -0.497 e. The van der Waals surface area contributed by atoms with Crippen molar-refractivity contribution in [3.05, 3.63) is 29.5 Å². The molecule has 2 aromatic rings. The predicted octanol–water partition coefficient (Wildman–Crippen LogP) is 1.94. The van der Waals surface area contributed by atoms with Crippen molar-refractivity contribution in [1.29, 1.82) is 0 Å². The quantitative estimate of drug-likeness (QED) is 0.910. The van der Waals surface area contributed by atoms with Crippen molar-refractivity contribution in [2.24, 2.45) is 0 Å². The minimum absolute atomic E-state index is 0.0366. The van der Waals surface area contributed by atoms with Gasteiger partial charge in [-0.25, -0.2) is 0 Å². The molecule has 1 aliphatic carbocycles. The number of aromatic amines is 1. The second-order valence-electron chi connectivity index (χ2n) is 6.11. The Morgan fingerprint density at radius 2 is 2.32 bits per heavy atom. The minimum atomic E-state index is -0.254. The Balaban J connectivity index is 1.51. The molecule has 5 heteroatoms. The standard InChI is InChI=1S/C17H20N2O3/c1-21-11-4-5-14-13(9-11)12-7-10(8-15(12)19-14)18-17(20)16-3-2-6-22-16/h4-5,9-10,16,19H,2-3,6-8H2,1H3,(H,18,20). The fourth-order valence-corrected chi connectivity index (χ4v) is 3.56. The van der Waals surface area contributed by atoms with E-state index in [1.54, 1.807) is 7.11 Å². The van der Waals surface area contributed by atoms with Crippen molar-refractivity contribution in [2.75, 3.05) is 13.7 Å². The smallest absolute Gasteiger partial charge is 0.249 e. The normalized spacial score (nSPS) is 23.7. The summed E-state index contributed by atoms with van der Waals surface area (Å²) in [5.41, 5.74) is 3.65. The number of rotatable bonds is 3. The molecule has 2 heterocycles. The lowest BCUT2D eigenvalue weighted by Crippen LogP contribution is -2.41. The number of nitrogens with one attached hydrogen (secondary N) is 2. The fraction of sp³-hybridized carbons (Fsp3) is 0.471. The Morgan fingerprint density at radius 1 is 1.41 bits per heavy atom. The third-order valence-corrected chi connectivity index (χ3v) is 4.67. The van der Waals surface area contributed by atoms with E-state index in [2.05, 4.69) is 16.4 Å². The summed E-state index contributed by atoms with van der Waals surface area (Å²) >= 11 is 0. The molecule has 1 aromatic carbocycles. The second-order valence-corrected chi connectivity index (χ2v) is 6.11. The summed E-state index contributed by atoms with van der Waals surface area (Å²) in [6, 6.07) is 6.24. The predicted molar refractivity (Wildman–Crippen MR) is 83.2 cm³/mol. The Kier molecular flexibility index (Phi) is 3.30. The summed E-state index contributed by atoms with van der Waals surface area (Å²) in [4.78, 5) is 15.6. The third kappa shape index (κ3) is 2.25. The van der Waals surface area contributed by atoms with Gasteiger partial charge < -0.3 is 19.8 Å². The second kappa shape index (κ2) is 5.32. The van der Waals surface area contributed by atoms with E-state index in [4.69, 9.17) is 9.47 Å². The molecule has 0 spiro atoms. The van der Waals surface area contributed by atoms with E-state index in [-0.39, 0.29) is 18.1 Å². The maximum Gasteiger partial charge on any atom is 0.249 e. The largest absolute Gasteiger partial charge is 0.497 e. The Labute approximate surface area is 129 Å². The molecule has 2 unspecified atom stereocenters. The molecule has 1 fully saturated rings. The number of fused-ring (bicyclic) bond motifs is 3. The van der Waals surface area contributed by atoms with E-state index in [0.717, 1.165) is 36.9 Å². The van der Waals surface area contributed by atoms with Gasteiger partial charge in [0.05, 0.1) is 7.11 Å². The van der Waals surface area contributed by atoms with Crippen LogP contribution in [0, 0.1) is 0 Å². The first-order valence-electron chi connectivity index (χ1n) is 7.84. The lowest BCUT2D eigenvalue weighted by atomic mass is 10.1. The van der Waals surface area contributed by atoms with E-state index < -0.39 is 0 Å². The number of carbonyl (C=O) groups excluding carboxylic acids is 1. The number of hydrogen-bond donors (Lipinski definition) is 2. The van der Waals surface area contributed by atoms with Gasteiger partial charge in [-0.15, -0.1) is 0 Å². The molecule has 1 aromatic heterocycles. The molecule has 0 bridgehead atoms. The highest BCUT2D eigenvalue weighted by Crippen LogP contribution is 2.32. The van der Waals surface area contributed by atoms with Gasteiger partial charge in [0.15, 0.2) is 0 Å². The summed E-state index contributed by atoms with van der Waals surface area (Å²) in [6.45, 7) is 0.701. The van der Waals surface area contributed by atoms with E-state index in [9.17, 15) is 4.79 Å². The number of amides is 1. The molecule has 1 aliphatic heterocycles.